The van der Waals surface area contributed by atoms with Gasteiger partial charge in [-0.15, -0.1) is 10.2 Å². The van der Waals surface area contributed by atoms with Crippen LogP contribution in [0.2, 0.25) is 0 Å². The molecule has 0 radical (unpaired) electrons. The third-order valence-electron chi connectivity index (χ3n) is 1.96. The van der Waals surface area contributed by atoms with E-state index in [0.29, 0.717) is 11.6 Å². The summed E-state index contributed by atoms with van der Waals surface area (Å²) in [7, 11) is 0. The summed E-state index contributed by atoms with van der Waals surface area (Å²) in [5.74, 6) is 1.89. The summed E-state index contributed by atoms with van der Waals surface area (Å²) in [6, 6.07) is 1.69. The number of nitrogen functional groups attached to an aromatic ring is 1. The van der Waals surface area contributed by atoms with E-state index in [1.54, 1.807) is 6.07 Å². The van der Waals surface area contributed by atoms with Crippen molar-refractivity contribution >= 4 is 18.1 Å². The van der Waals surface area contributed by atoms with E-state index in [-0.39, 0.29) is 6.47 Å². The molecule has 0 aliphatic carbocycles. The summed E-state index contributed by atoms with van der Waals surface area (Å²) in [6.45, 7) is 0.519. The molecule has 2 heterocycles. The molecule has 0 saturated heterocycles. The minimum absolute atomic E-state index is 0.250. The highest BCUT2D eigenvalue weighted by atomic mass is 16.3. The topological polar surface area (TPSA) is 156 Å². The number of anilines is 2. The highest BCUT2D eigenvalue weighted by Crippen LogP contribution is 2.04. The zero-order chi connectivity index (χ0) is 13.9. The van der Waals surface area contributed by atoms with E-state index in [1.165, 1.54) is 6.33 Å². The third kappa shape index (κ3) is 5.91. The maximum Gasteiger partial charge on any atom is 0.290 e. The van der Waals surface area contributed by atoms with E-state index in [2.05, 4.69) is 35.9 Å². The van der Waals surface area contributed by atoms with E-state index in [9.17, 15) is 0 Å². The SMILES string of the molecule is Nc1cc(NCCCc2nn[nH]n2)ncn1.O=CO. The summed E-state index contributed by atoms with van der Waals surface area (Å²) in [5, 5.41) is 23.6. The van der Waals surface area contributed by atoms with Crippen molar-refractivity contribution < 1.29 is 9.90 Å². The average molecular weight is 266 g/mol. The largest absolute Gasteiger partial charge is 0.483 e. The van der Waals surface area contributed by atoms with Crippen molar-refractivity contribution in [2.75, 3.05) is 17.6 Å². The summed E-state index contributed by atoms with van der Waals surface area (Å²) in [5.41, 5.74) is 5.52. The molecule has 0 fully saturated rings. The first-order chi connectivity index (χ1) is 9.26. The molecule has 0 atom stereocenters. The van der Waals surface area contributed by atoms with Crippen molar-refractivity contribution in [1.82, 2.24) is 30.6 Å². The molecule has 19 heavy (non-hydrogen) atoms. The van der Waals surface area contributed by atoms with E-state index < -0.39 is 0 Å². The lowest BCUT2D eigenvalue weighted by Crippen LogP contribution is -2.06. The molecule has 2 rings (SSSR count). The van der Waals surface area contributed by atoms with Gasteiger partial charge in [0.25, 0.3) is 6.47 Å². The third-order valence-corrected chi connectivity index (χ3v) is 1.96. The molecule has 2 aromatic heterocycles. The van der Waals surface area contributed by atoms with E-state index in [1.807, 2.05) is 0 Å². The van der Waals surface area contributed by atoms with Crippen LogP contribution in [0.4, 0.5) is 11.6 Å². The number of rotatable bonds is 5. The smallest absolute Gasteiger partial charge is 0.290 e. The van der Waals surface area contributed by atoms with Crippen LogP contribution in [0, 0.1) is 0 Å². The second-order valence-electron chi connectivity index (χ2n) is 3.29. The molecule has 102 valence electrons. The number of carboxylic acid groups (broad SMARTS) is 1. The molecule has 0 bridgehead atoms. The van der Waals surface area contributed by atoms with Gasteiger partial charge in [0.05, 0.1) is 0 Å². The summed E-state index contributed by atoms with van der Waals surface area (Å²) in [4.78, 5) is 16.2. The number of aromatic amines is 1. The van der Waals surface area contributed by atoms with E-state index >= 15 is 0 Å². The molecule has 0 unspecified atom stereocenters. The lowest BCUT2D eigenvalue weighted by Gasteiger charge is -2.03. The quantitative estimate of drug-likeness (QED) is 0.406. The van der Waals surface area contributed by atoms with E-state index in [4.69, 9.17) is 15.6 Å². The van der Waals surface area contributed by atoms with Crippen LogP contribution in [0.1, 0.15) is 12.2 Å². The van der Waals surface area contributed by atoms with Crippen LogP contribution in [0.15, 0.2) is 12.4 Å². The molecule has 0 saturated carbocycles. The van der Waals surface area contributed by atoms with Crippen LogP contribution in [-0.2, 0) is 11.2 Å². The van der Waals surface area contributed by atoms with Crippen molar-refractivity contribution in [3.8, 4) is 0 Å². The fourth-order valence-corrected chi connectivity index (χ4v) is 1.22. The minimum Gasteiger partial charge on any atom is -0.483 e. The number of carbonyl (C=O) groups is 1. The Kier molecular flexibility index (Phi) is 6.26. The van der Waals surface area contributed by atoms with Gasteiger partial charge in [-0.05, 0) is 6.42 Å². The maximum atomic E-state index is 8.36. The molecule has 10 heteroatoms. The van der Waals surface area contributed by atoms with Crippen LogP contribution in [0.5, 0.6) is 0 Å². The highest BCUT2D eigenvalue weighted by molar-refractivity contribution is 5.43. The van der Waals surface area contributed by atoms with Crippen molar-refractivity contribution in [2.24, 2.45) is 0 Å². The first-order valence-electron chi connectivity index (χ1n) is 5.38. The van der Waals surface area contributed by atoms with Crippen LogP contribution in [0.3, 0.4) is 0 Å². The van der Waals surface area contributed by atoms with Gasteiger partial charge >= 0.3 is 0 Å². The number of nitrogens with one attached hydrogen (secondary N) is 2. The van der Waals surface area contributed by atoms with Gasteiger partial charge in [0.2, 0.25) is 0 Å². The Morgan fingerprint density at radius 3 is 2.89 bits per heavy atom. The zero-order valence-electron chi connectivity index (χ0n) is 10.0. The Morgan fingerprint density at radius 2 is 2.26 bits per heavy atom. The summed E-state index contributed by atoms with van der Waals surface area (Å²) >= 11 is 0. The number of hydrogen-bond acceptors (Lipinski definition) is 8. The number of H-pyrrole nitrogens is 1. The zero-order valence-corrected chi connectivity index (χ0v) is 10.0. The molecule has 0 aliphatic rings. The summed E-state index contributed by atoms with van der Waals surface area (Å²) in [6.07, 6.45) is 3.09. The van der Waals surface area contributed by atoms with Crippen molar-refractivity contribution in [2.45, 2.75) is 12.8 Å². The average Bonchev–Trinajstić information content (AvgIpc) is 2.89. The van der Waals surface area contributed by atoms with Gasteiger partial charge in [-0.1, -0.05) is 5.21 Å². The van der Waals surface area contributed by atoms with Gasteiger partial charge in [0.15, 0.2) is 5.82 Å². The Labute approximate surface area is 108 Å². The minimum atomic E-state index is -0.250. The van der Waals surface area contributed by atoms with Crippen LogP contribution >= 0.6 is 0 Å². The van der Waals surface area contributed by atoms with Gasteiger partial charge < -0.3 is 16.2 Å². The Balaban J connectivity index is 0.000000550. The predicted molar refractivity (Wildman–Crippen MR) is 66.1 cm³/mol. The fraction of sp³-hybridized carbons (Fsp3) is 0.333. The van der Waals surface area contributed by atoms with Gasteiger partial charge in [0, 0.05) is 19.0 Å². The predicted octanol–water partition coefficient (Wildman–Crippen LogP) is -0.683. The molecular formula is C9H14N8O2. The molecule has 0 aliphatic heterocycles. The Hall–Kier alpha value is -2.78. The lowest BCUT2D eigenvalue weighted by molar-refractivity contribution is -0.122. The standard InChI is InChI=1S/C8H12N8.CH2O2/c9-6-4-8(12-5-11-6)10-3-1-2-7-13-15-16-14-7;2-1-3/h4-5H,1-3H2,(H3,9,10,11,12)(H,13,14,15,16);1H,(H,2,3). The first kappa shape index (κ1) is 14.3. The van der Waals surface area contributed by atoms with E-state index in [0.717, 1.165) is 25.2 Å². The Bertz CT molecular complexity index is 475. The van der Waals surface area contributed by atoms with Gasteiger partial charge in [0.1, 0.15) is 18.0 Å². The van der Waals surface area contributed by atoms with Crippen LogP contribution in [0.25, 0.3) is 0 Å². The molecule has 0 spiro atoms. The van der Waals surface area contributed by atoms with Crippen molar-refractivity contribution in [1.29, 1.82) is 0 Å². The second kappa shape index (κ2) is 8.33. The molecule has 0 amide bonds. The number of nitrogens with zero attached hydrogens (tertiary/aromatic N) is 5. The second-order valence-corrected chi connectivity index (χ2v) is 3.29. The molecule has 0 aromatic carbocycles. The monoisotopic (exact) mass is 266 g/mol. The number of aryl methyl sites for hydroxylation is 1. The normalized spacial score (nSPS) is 9.26. The fourth-order valence-electron chi connectivity index (χ4n) is 1.22. The highest BCUT2D eigenvalue weighted by Gasteiger charge is 1.98. The molecule has 2 aromatic rings. The van der Waals surface area contributed by atoms with Gasteiger partial charge in [-0.25, -0.2) is 9.97 Å². The molecule has 10 nitrogen and oxygen atoms in total. The molecular weight excluding hydrogens is 252 g/mol. The van der Waals surface area contributed by atoms with Crippen molar-refractivity contribution in [3.63, 3.8) is 0 Å². The van der Waals surface area contributed by atoms with Crippen LogP contribution < -0.4 is 11.1 Å². The lowest BCUT2D eigenvalue weighted by atomic mass is 10.3. The van der Waals surface area contributed by atoms with Crippen LogP contribution in [-0.4, -0.2) is 48.7 Å². The van der Waals surface area contributed by atoms with Gasteiger partial charge in [-0.3, -0.25) is 4.79 Å². The Morgan fingerprint density at radius 1 is 1.47 bits per heavy atom. The number of hydrogen-bond donors (Lipinski definition) is 4. The summed E-state index contributed by atoms with van der Waals surface area (Å²) < 4.78 is 0. The number of tetrazole rings is 1. The number of aromatic nitrogens is 6. The van der Waals surface area contributed by atoms with Gasteiger partial charge in [-0.2, -0.15) is 5.21 Å². The maximum absolute atomic E-state index is 8.36. The van der Waals surface area contributed by atoms with Crippen molar-refractivity contribution in [3.05, 3.63) is 18.2 Å². The molecule has 5 N–H and O–H groups in total. The first-order valence-corrected chi connectivity index (χ1v) is 5.38. The number of nitrogens with two attached hydrogens (primary N) is 1.